The number of piperidine rings is 1. The highest BCUT2D eigenvalue weighted by molar-refractivity contribution is 9.10. The Morgan fingerprint density at radius 1 is 1.30 bits per heavy atom. The van der Waals surface area contributed by atoms with Crippen LogP contribution in [0.1, 0.15) is 36.0 Å². The highest BCUT2D eigenvalue weighted by Gasteiger charge is 2.10. The second kappa shape index (κ2) is 7.64. The molecule has 1 saturated heterocycles. The number of carbonyl (C=O) groups excluding carboxylic acids is 1. The van der Waals surface area contributed by atoms with Crippen LogP contribution in [0.2, 0.25) is 0 Å². The van der Waals surface area contributed by atoms with Crippen molar-refractivity contribution >= 4 is 27.5 Å². The van der Waals surface area contributed by atoms with Gasteiger partial charge in [0, 0.05) is 22.3 Å². The average molecular weight is 340 g/mol. The van der Waals surface area contributed by atoms with E-state index in [1.165, 1.54) is 32.4 Å². The Balaban J connectivity index is 1.70. The Kier molecular flexibility index (Phi) is 5.86. The molecule has 0 saturated carbocycles. The van der Waals surface area contributed by atoms with Crippen molar-refractivity contribution in [2.45, 2.75) is 25.7 Å². The van der Waals surface area contributed by atoms with Crippen LogP contribution in [0.15, 0.2) is 22.7 Å². The summed E-state index contributed by atoms with van der Waals surface area (Å²) in [6.07, 6.45) is 4.98. The number of rotatable bonds is 5. The van der Waals surface area contributed by atoms with Crippen LogP contribution in [0.3, 0.4) is 0 Å². The minimum absolute atomic E-state index is 0.0529. The molecule has 5 heteroatoms. The molecule has 0 atom stereocenters. The smallest absolute Gasteiger partial charge is 0.251 e. The van der Waals surface area contributed by atoms with Gasteiger partial charge in [0.25, 0.3) is 5.91 Å². The number of nitrogens with one attached hydrogen (secondary N) is 1. The molecule has 1 fully saturated rings. The fourth-order valence-electron chi connectivity index (χ4n) is 2.47. The SMILES string of the molecule is Nc1cc(C(=O)NCCCN2CCCCC2)ccc1Br. The molecule has 4 nitrogen and oxygen atoms in total. The zero-order chi connectivity index (χ0) is 14.4. The van der Waals surface area contributed by atoms with Crippen LogP contribution in [0, 0.1) is 0 Å². The van der Waals surface area contributed by atoms with Crippen molar-refractivity contribution in [3.05, 3.63) is 28.2 Å². The van der Waals surface area contributed by atoms with Crippen LogP contribution >= 0.6 is 15.9 Å². The van der Waals surface area contributed by atoms with Gasteiger partial charge >= 0.3 is 0 Å². The van der Waals surface area contributed by atoms with Gasteiger partial charge < -0.3 is 16.0 Å². The van der Waals surface area contributed by atoms with Crippen molar-refractivity contribution in [2.75, 3.05) is 31.9 Å². The number of hydrogen-bond acceptors (Lipinski definition) is 3. The number of benzene rings is 1. The lowest BCUT2D eigenvalue weighted by atomic mass is 10.1. The van der Waals surface area contributed by atoms with Gasteiger partial charge in [-0.05, 0) is 73.0 Å². The summed E-state index contributed by atoms with van der Waals surface area (Å²) in [5.74, 6) is -0.0529. The van der Waals surface area contributed by atoms with Gasteiger partial charge in [-0.2, -0.15) is 0 Å². The van der Waals surface area contributed by atoms with E-state index in [1.807, 2.05) is 0 Å². The van der Waals surface area contributed by atoms with Crippen molar-refractivity contribution in [1.29, 1.82) is 0 Å². The van der Waals surface area contributed by atoms with Gasteiger partial charge in [-0.15, -0.1) is 0 Å². The molecule has 1 aromatic carbocycles. The average Bonchev–Trinajstić information content (AvgIpc) is 2.47. The first-order valence-corrected chi connectivity index (χ1v) is 8.02. The summed E-state index contributed by atoms with van der Waals surface area (Å²) in [5, 5.41) is 2.95. The minimum atomic E-state index is -0.0529. The summed E-state index contributed by atoms with van der Waals surface area (Å²) in [4.78, 5) is 14.4. The third-order valence-electron chi connectivity index (χ3n) is 3.64. The standard InChI is InChI=1S/C15H22BrN3O/c16-13-6-5-12(11-14(13)17)15(20)18-7-4-10-19-8-2-1-3-9-19/h5-6,11H,1-4,7-10,17H2,(H,18,20). The van der Waals surface area contributed by atoms with E-state index in [-0.39, 0.29) is 5.91 Å². The van der Waals surface area contributed by atoms with E-state index in [9.17, 15) is 4.79 Å². The maximum absolute atomic E-state index is 12.0. The molecule has 1 aromatic rings. The zero-order valence-corrected chi connectivity index (χ0v) is 13.3. The van der Waals surface area contributed by atoms with Crippen LogP contribution in [0.25, 0.3) is 0 Å². The van der Waals surface area contributed by atoms with E-state index in [1.54, 1.807) is 18.2 Å². The van der Waals surface area contributed by atoms with Gasteiger partial charge in [0.15, 0.2) is 0 Å². The molecule has 1 heterocycles. The third kappa shape index (κ3) is 4.49. The van der Waals surface area contributed by atoms with Gasteiger partial charge in [-0.3, -0.25) is 4.79 Å². The molecule has 0 aliphatic carbocycles. The van der Waals surface area contributed by atoms with Crippen LogP contribution in [-0.2, 0) is 0 Å². The lowest BCUT2D eigenvalue weighted by molar-refractivity contribution is 0.0951. The van der Waals surface area contributed by atoms with Gasteiger partial charge in [0.1, 0.15) is 0 Å². The highest BCUT2D eigenvalue weighted by atomic mass is 79.9. The molecule has 0 aromatic heterocycles. The molecule has 0 unspecified atom stereocenters. The van der Waals surface area contributed by atoms with Gasteiger partial charge in [0.2, 0.25) is 0 Å². The quantitative estimate of drug-likeness (QED) is 0.640. The first-order valence-electron chi connectivity index (χ1n) is 7.22. The predicted molar refractivity (Wildman–Crippen MR) is 85.8 cm³/mol. The molecule has 110 valence electrons. The fraction of sp³-hybridized carbons (Fsp3) is 0.533. The Labute approximate surface area is 128 Å². The lowest BCUT2D eigenvalue weighted by Crippen LogP contribution is -2.33. The van der Waals surface area contributed by atoms with Crippen molar-refractivity contribution in [1.82, 2.24) is 10.2 Å². The molecule has 20 heavy (non-hydrogen) atoms. The molecule has 2 rings (SSSR count). The van der Waals surface area contributed by atoms with Crippen molar-refractivity contribution in [2.24, 2.45) is 0 Å². The third-order valence-corrected chi connectivity index (χ3v) is 4.37. The van der Waals surface area contributed by atoms with E-state index in [0.29, 0.717) is 17.8 Å². The summed E-state index contributed by atoms with van der Waals surface area (Å²) in [6, 6.07) is 5.28. The summed E-state index contributed by atoms with van der Waals surface area (Å²) in [5.41, 5.74) is 6.98. The van der Waals surface area contributed by atoms with E-state index in [2.05, 4.69) is 26.1 Å². The number of halogens is 1. The number of nitrogens with zero attached hydrogens (tertiary/aromatic N) is 1. The van der Waals surface area contributed by atoms with Crippen molar-refractivity contribution < 1.29 is 4.79 Å². The number of nitrogen functional groups attached to an aromatic ring is 1. The number of hydrogen-bond donors (Lipinski definition) is 2. The number of amides is 1. The van der Waals surface area contributed by atoms with E-state index < -0.39 is 0 Å². The first-order chi connectivity index (χ1) is 9.66. The van der Waals surface area contributed by atoms with Crippen molar-refractivity contribution in [3.8, 4) is 0 Å². The topological polar surface area (TPSA) is 58.4 Å². The first kappa shape index (κ1) is 15.3. The Bertz CT molecular complexity index is 458. The number of anilines is 1. The molecule has 3 N–H and O–H groups in total. The number of nitrogens with two attached hydrogens (primary N) is 1. The van der Waals surface area contributed by atoms with Gasteiger partial charge in [-0.1, -0.05) is 6.42 Å². The summed E-state index contributed by atoms with van der Waals surface area (Å²) in [7, 11) is 0. The normalized spacial score (nSPS) is 16.1. The molecular weight excluding hydrogens is 318 g/mol. The van der Waals surface area contributed by atoms with Gasteiger partial charge in [0.05, 0.1) is 0 Å². The molecular formula is C15H22BrN3O. The predicted octanol–water partition coefficient (Wildman–Crippen LogP) is 2.64. The Hall–Kier alpha value is -1.07. The fourth-order valence-corrected chi connectivity index (χ4v) is 2.72. The van der Waals surface area contributed by atoms with Crippen molar-refractivity contribution in [3.63, 3.8) is 0 Å². The Morgan fingerprint density at radius 3 is 2.75 bits per heavy atom. The maximum atomic E-state index is 12.0. The van der Waals surface area contributed by atoms with Gasteiger partial charge in [-0.25, -0.2) is 0 Å². The van der Waals surface area contributed by atoms with Crippen LogP contribution < -0.4 is 11.1 Å². The molecule has 1 aliphatic heterocycles. The molecule has 0 bridgehead atoms. The van der Waals surface area contributed by atoms with E-state index in [4.69, 9.17) is 5.73 Å². The molecule has 1 amide bonds. The summed E-state index contributed by atoms with van der Waals surface area (Å²) >= 11 is 3.32. The molecule has 0 spiro atoms. The van der Waals surface area contributed by atoms with E-state index >= 15 is 0 Å². The van der Waals surface area contributed by atoms with Crippen LogP contribution in [0.5, 0.6) is 0 Å². The van der Waals surface area contributed by atoms with E-state index in [0.717, 1.165) is 17.4 Å². The summed E-state index contributed by atoms with van der Waals surface area (Å²) < 4.78 is 0.819. The second-order valence-electron chi connectivity index (χ2n) is 5.25. The summed E-state index contributed by atoms with van der Waals surface area (Å²) in [6.45, 7) is 4.20. The zero-order valence-electron chi connectivity index (χ0n) is 11.7. The number of likely N-dealkylation sites (tertiary alicyclic amines) is 1. The van der Waals surface area contributed by atoms with Crippen LogP contribution in [0.4, 0.5) is 5.69 Å². The second-order valence-corrected chi connectivity index (χ2v) is 6.10. The van der Waals surface area contributed by atoms with Crippen LogP contribution in [-0.4, -0.2) is 37.0 Å². The largest absolute Gasteiger partial charge is 0.398 e. The lowest BCUT2D eigenvalue weighted by Gasteiger charge is -2.26. The Morgan fingerprint density at radius 2 is 2.05 bits per heavy atom. The monoisotopic (exact) mass is 339 g/mol. The number of carbonyl (C=O) groups is 1. The molecule has 1 aliphatic rings. The maximum Gasteiger partial charge on any atom is 0.251 e. The minimum Gasteiger partial charge on any atom is -0.398 e. The molecule has 0 radical (unpaired) electrons. The highest BCUT2D eigenvalue weighted by Crippen LogP contribution is 2.20.